The molecular formula is C14H11BrFN3O. The van der Waals surface area contributed by atoms with Gasteiger partial charge in [-0.2, -0.15) is 5.10 Å². The molecule has 102 valence electrons. The van der Waals surface area contributed by atoms with E-state index in [4.69, 9.17) is 0 Å². The van der Waals surface area contributed by atoms with E-state index in [1.54, 1.807) is 31.3 Å². The summed E-state index contributed by atoms with van der Waals surface area (Å²) in [4.78, 5) is 15.8. The Labute approximate surface area is 123 Å². The lowest BCUT2D eigenvalue weighted by atomic mass is 10.1. The Morgan fingerprint density at radius 1 is 1.25 bits per heavy atom. The lowest BCUT2D eigenvalue weighted by Gasteiger charge is -2.03. The molecule has 0 bridgehead atoms. The first-order valence-corrected chi connectivity index (χ1v) is 6.56. The van der Waals surface area contributed by atoms with Gasteiger partial charge in [-0.05, 0) is 46.6 Å². The average Bonchev–Trinajstić information content (AvgIpc) is 2.45. The zero-order chi connectivity index (χ0) is 14.5. The zero-order valence-electron chi connectivity index (χ0n) is 10.6. The van der Waals surface area contributed by atoms with Crippen molar-refractivity contribution in [2.75, 3.05) is 0 Å². The number of rotatable bonds is 3. The Bertz CT molecular complexity index is 656. The van der Waals surface area contributed by atoms with E-state index in [1.165, 1.54) is 18.3 Å². The van der Waals surface area contributed by atoms with Crippen LogP contribution in [0.2, 0.25) is 0 Å². The second-order valence-corrected chi connectivity index (χ2v) is 4.95. The van der Waals surface area contributed by atoms with Crippen LogP contribution in [0.15, 0.2) is 52.3 Å². The number of hydrazone groups is 1. The van der Waals surface area contributed by atoms with Gasteiger partial charge < -0.3 is 0 Å². The highest BCUT2D eigenvalue weighted by atomic mass is 79.9. The van der Waals surface area contributed by atoms with E-state index in [9.17, 15) is 9.18 Å². The molecule has 0 saturated heterocycles. The van der Waals surface area contributed by atoms with Crippen molar-refractivity contribution >= 4 is 27.5 Å². The first-order valence-electron chi connectivity index (χ1n) is 5.77. The maximum Gasteiger partial charge on any atom is 0.272 e. The molecule has 1 aromatic carbocycles. The highest BCUT2D eigenvalue weighted by molar-refractivity contribution is 9.10. The summed E-state index contributed by atoms with van der Waals surface area (Å²) < 4.78 is 13.5. The normalized spacial score (nSPS) is 11.2. The summed E-state index contributed by atoms with van der Waals surface area (Å²) >= 11 is 3.24. The van der Waals surface area contributed by atoms with Gasteiger partial charge >= 0.3 is 0 Å². The Balaban J connectivity index is 2.08. The highest BCUT2D eigenvalue weighted by Crippen LogP contribution is 2.09. The second-order valence-electron chi connectivity index (χ2n) is 4.04. The van der Waals surface area contributed by atoms with Gasteiger partial charge in [-0.3, -0.25) is 9.78 Å². The number of halogens is 2. The largest absolute Gasteiger partial charge is 0.272 e. The Kier molecular flexibility index (Phi) is 4.57. The first-order chi connectivity index (χ1) is 9.56. The predicted molar refractivity (Wildman–Crippen MR) is 78.0 cm³/mol. The van der Waals surface area contributed by atoms with Crippen molar-refractivity contribution in [3.8, 4) is 0 Å². The number of nitrogens with zero attached hydrogens (tertiary/aromatic N) is 2. The minimum absolute atomic E-state index is 0.314. The molecule has 0 saturated carbocycles. The van der Waals surface area contributed by atoms with Gasteiger partial charge in [0.2, 0.25) is 0 Å². The van der Waals surface area contributed by atoms with Gasteiger partial charge in [-0.25, -0.2) is 9.82 Å². The molecule has 0 aliphatic carbocycles. The van der Waals surface area contributed by atoms with Crippen LogP contribution in [0.4, 0.5) is 4.39 Å². The Morgan fingerprint density at radius 3 is 2.60 bits per heavy atom. The van der Waals surface area contributed by atoms with E-state index in [2.05, 4.69) is 31.4 Å². The summed E-state index contributed by atoms with van der Waals surface area (Å²) in [5.41, 5.74) is 4.15. The topological polar surface area (TPSA) is 54.4 Å². The molecule has 6 heteroatoms. The quantitative estimate of drug-likeness (QED) is 0.692. The molecule has 0 aliphatic rings. The third kappa shape index (κ3) is 3.71. The van der Waals surface area contributed by atoms with Gasteiger partial charge in [0.1, 0.15) is 5.82 Å². The average molecular weight is 336 g/mol. The minimum atomic E-state index is -0.361. The standard InChI is InChI=1S/C14H11BrFN3O/c1-9(10-2-4-13(16)5-3-10)18-19-14(20)11-6-12(15)8-17-7-11/h2-8H,1H3,(H,19,20)/b18-9+. The van der Waals surface area contributed by atoms with E-state index in [0.29, 0.717) is 15.7 Å². The van der Waals surface area contributed by atoms with E-state index < -0.39 is 0 Å². The van der Waals surface area contributed by atoms with Crippen molar-refractivity contribution in [1.82, 2.24) is 10.4 Å². The summed E-state index contributed by atoms with van der Waals surface area (Å²) in [5.74, 6) is -0.675. The summed E-state index contributed by atoms with van der Waals surface area (Å²) in [5, 5.41) is 3.98. The molecule has 1 N–H and O–H groups in total. The molecular weight excluding hydrogens is 325 g/mol. The molecule has 2 rings (SSSR count). The second kappa shape index (κ2) is 6.38. The third-order valence-electron chi connectivity index (χ3n) is 2.55. The molecule has 0 radical (unpaired) electrons. The van der Waals surface area contributed by atoms with Gasteiger partial charge in [0, 0.05) is 16.9 Å². The lowest BCUT2D eigenvalue weighted by Crippen LogP contribution is -2.19. The zero-order valence-corrected chi connectivity index (χ0v) is 12.2. The SMILES string of the molecule is C/C(=N\NC(=O)c1cncc(Br)c1)c1ccc(F)cc1. The van der Waals surface area contributed by atoms with Gasteiger partial charge in [0.15, 0.2) is 0 Å². The van der Waals surface area contributed by atoms with E-state index in [1.807, 2.05) is 0 Å². The monoisotopic (exact) mass is 335 g/mol. The summed E-state index contributed by atoms with van der Waals surface area (Å²) in [6.45, 7) is 1.73. The van der Waals surface area contributed by atoms with E-state index in [0.717, 1.165) is 5.56 Å². The first kappa shape index (κ1) is 14.3. The lowest BCUT2D eigenvalue weighted by molar-refractivity contribution is 0.0954. The van der Waals surface area contributed by atoms with Crippen LogP contribution in [0.5, 0.6) is 0 Å². The molecule has 0 fully saturated rings. The number of nitrogens with one attached hydrogen (secondary N) is 1. The number of amides is 1. The fourth-order valence-corrected chi connectivity index (χ4v) is 1.86. The maximum atomic E-state index is 12.8. The molecule has 0 unspecified atom stereocenters. The number of hydrogen-bond acceptors (Lipinski definition) is 3. The van der Waals surface area contributed by atoms with E-state index in [-0.39, 0.29) is 11.7 Å². The molecule has 20 heavy (non-hydrogen) atoms. The fraction of sp³-hybridized carbons (Fsp3) is 0.0714. The number of carbonyl (C=O) groups excluding carboxylic acids is 1. The van der Waals surface area contributed by atoms with Crippen molar-refractivity contribution < 1.29 is 9.18 Å². The third-order valence-corrected chi connectivity index (χ3v) is 2.99. The molecule has 1 heterocycles. The molecule has 0 spiro atoms. The number of hydrogen-bond donors (Lipinski definition) is 1. The van der Waals surface area contributed by atoms with Crippen LogP contribution in [0.3, 0.4) is 0 Å². The van der Waals surface area contributed by atoms with Crippen molar-refractivity contribution in [2.45, 2.75) is 6.92 Å². The smallest absolute Gasteiger partial charge is 0.267 e. The molecule has 0 atom stereocenters. The predicted octanol–water partition coefficient (Wildman–Crippen LogP) is 3.14. The van der Waals surface area contributed by atoms with Crippen LogP contribution in [0, 0.1) is 5.82 Å². The van der Waals surface area contributed by atoms with Gasteiger partial charge in [0.05, 0.1) is 11.3 Å². The van der Waals surface area contributed by atoms with Gasteiger partial charge in [-0.1, -0.05) is 12.1 Å². The molecule has 1 amide bonds. The van der Waals surface area contributed by atoms with E-state index >= 15 is 0 Å². The van der Waals surface area contributed by atoms with Gasteiger partial charge in [0.25, 0.3) is 5.91 Å². The fourth-order valence-electron chi connectivity index (χ4n) is 1.49. The maximum absolute atomic E-state index is 12.8. The molecule has 2 aromatic rings. The molecule has 4 nitrogen and oxygen atoms in total. The number of benzene rings is 1. The summed E-state index contributed by atoms with van der Waals surface area (Å²) in [7, 11) is 0. The minimum Gasteiger partial charge on any atom is -0.267 e. The Hall–Kier alpha value is -2.08. The van der Waals surface area contributed by atoms with Crippen molar-refractivity contribution in [1.29, 1.82) is 0 Å². The number of pyridine rings is 1. The van der Waals surface area contributed by atoms with Crippen LogP contribution in [-0.2, 0) is 0 Å². The van der Waals surface area contributed by atoms with Crippen molar-refractivity contribution in [2.24, 2.45) is 5.10 Å². The van der Waals surface area contributed by atoms with Crippen LogP contribution < -0.4 is 5.43 Å². The number of carbonyl (C=O) groups is 1. The van der Waals surface area contributed by atoms with Crippen LogP contribution in [0.1, 0.15) is 22.8 Å². The number of aromatic nitrogens is 1. The van der Waals surface area contributed by atoms with Crippen molar-refractivity contribution in [3.05, 3.63) is 64.1 Å². The molecule has 0 aliphatic heterocycles. The van der Waals surface area contributed by atoms with Crippen LogP contribution in [0.25, 0.3) is 0 Å². The molecule has 1 aromatic heterocycles. The highest BCUT2D eigenvalue weighted by Gasteiger charge is 2.06. The van der Waals surface area contributed by atoms with Crippen molar-refractivity contribution in [3.63, 3.8) is 0 Å². The van der Waals surface area contributed by atoms with Gasteiger partial charge in [-0.15, -0.1) is 0 Å². The van der Waals surface area contributed by atoms with Crippen LogP contribution in [-0.4, -0.2) is 16.6 Å². The van der Waals surface area contributed by atoms with Crippen LogP contribution >= 0.6 is 15.9 Å². The summed E-state index contributed by atoms with van der Waals surface area (Å²) in [6.07, 6.45) is 3.03. The summed E-state index contributed by atoms with van der Waals surface area (Å²) in [6, 6.07) is 7.52. The Morgan fingerprint density at radius 2 is 1.95 bits per heavy atom.